The number of aliphatic imine (C=N–C) groups is 1. The molecule has 2 rings (SSSR count). The lowest BCUT2D eigenvalue weighted by Gasteiger charge is -2.25. The zero-order valence-electron chi connectivity index (χ0n) is 16.3. The summed E-state index contributed by atoms with van der Waals surface area (Å²) in [5.74, 6) is 1.24. The Morgan fingerprint density at radius 2 is 2.00 bits per heavy atom. The number of methoxy groups -OCH3 is 1. The molecule has 0 bridgehead atoms. The minimum absolute atomic E-state index is 0. The number of benzene rings is 1. The number of nitrogens with one attached hydrogen (secondary N) is 2. The fourth-order valence-electron chi connectivity index (χ4n) is 2.49. The molecule has 156 valence electrons. The van der Waals surface area contributed by atoms with E-state index in [1.807, 2.05) is 6.07 Å². The van der Waals surface area contributed by atoms with Crippen molar-refractivity contribution in [2.24, 2.45) is 4.99 Å². The normalized spacial score (nSPS) is 11.8. The van der Waals surface area contributed by atoms with Gasteiger partial charge in [0.1, 0.15) is 11.5 Å². The number of hydrogen-bond donors (Lipinski definition) is 2. The summed E-state index contributed by atoms with van der Waals surface area (Å²) in [6, 6.07) is 8.85. The molecule has 1 aromatic heterocycles. The lowest BCUT2D eigenvalue weighted by Crippen LogP contribution is -2.43. The Hall–Kier alpha value is -1.62. The molecule has 0 saturated heterocycles. The van der Waals surface area contributed by atoms with E-state index in [-0.39, 0.29) is 41.7 Å². The molecule has 2 aromatic rings. The molecule has 28 heavy (non-hydrogen) atoms. The summed E-state index contributed by atoms with van der Waals surface area (Å²) >= 11 is 1.71. The van der Waals surface area contributed by atoms with E-state index in [1.165, 1.54) is 18.1 Å². The monoisotopic (exact) mass is 525 g/mol. The van der Waals surface area contributed by atoms with Crippen molar-refractivity contribution in [3.63, 3.8) is 0 Å². The first-order valence-electron chi connectivity index (χ1n) is 8.46. The van der Waals surface area contributed by atoms with Gasteiger partial charge in [0.05, 0.1) is 7.11 Å². The summed E-state index contributed by atoms with van der Waals surface area (Å²) in [5, 5.41) is 8.47. The molecule has 0 atom stereocenters. The van der Waals surface area contributed by atoms with Crippen LogP contribution < -0.4 is 20.1 Å². The quantitative estimate of drug-likeness (QED) is 0.300. The molecule has 5 nitrogen and oxygen atoms in total. The van der Waals surface area contributed by atoms with Crippen LogP contribution in [0.3, 0.4) is 0 Å². The zero-order valence-corrected chi connectivity index (χ0v) is 19.4. The summed E-state index contributed by atoms with van der Waals surface area (Å²) in [4.78, 5) is 5.47. The fraction of sp³-hybridized carbons (Fsp3) is 0.421. The molecule has 0 amide bonds. The number of ether oxygens (including phenoxy) is 2. The number of guanidine groups is 1. The average Bonchev–Trinajstić information content (AvgIpc) is 3.18. The molecule has 0 aliphatic heterocycles. The number of rotatable bonds is 8. The predicted octanol–water partition coefficient (Wildman–Crippen LogP) is 4.62. The molecule has 0 fully saturated rings. The van der Waals surface area contributed by atoms with Crippen molar-refractivity contribution in [3.05, 3.63) is 46.2 Å². The first-order chi connectivity index (χ1) is 12.9. The third-order valence-corrected chi connectivity index (χ3v) is 5.28. The highest BCUT2D eigenvalue weighted by atomic mass is 127. The van der Waals surface area contributed by atoms with Crippen LogP contribution in [0.5, 0.6) is 11.5 Å². The lowest BCUT2D eigenvalue weighted by molar-refractivity contribution is -0.0504. The fourth-order valence-corrected chi connectivity index (χ4v) is 3.34. The summed E-state index contributed by atoms with van der Waals surface area (Å²) in [5.41, 5.74) is 0.487. The summed E-state index contributed by atoms with van der Waals surface area (Å²) < 4.78 is 35.0. The maximum Gasteiger partial charge on any atom is 0.387 e. The Bertz CT molecular complexity index is 756. The molecule has 0 unspecified atom stereocenters. The van der Waals surface area contributed by atoms with Crippen LogP contribution in [-0.4, -0.2) is 33.3 Å². The summed E-state index contributed by atoms with van der Waals surface area (Å²) in [6.45, 7) is 2.34. The van der Waals surface area contributed by atoms with E-state index in [0.717, 1.165) is 0 Å². The Kier molecular flexibility index (Phi) is 9.94. The van der Waals surface area contributed by atoms with Gasteiger partial charge < -0.3 is 20.1 Å². The molecule has 0 spiro atoms. The van der Waals surface area contributed by atoms with Gasteiger partial charge in [-0.2, -0.15) is 8.78 Å². The van der Waals surface area contributed by atoms with Crippen LogP contribution in [0.4, 0.5) is 8.78 Å². The topological polar surface area (TPSA) is 54.9 Å². The molecule has 0 saturated carbocycles. The molecule has 1 aromatic carbocycles. The van der Waals surface area contributed by atoms with Crippen molar-refractivity contribution in [2.45, 2.75) is 32.4 Å². The number of alkyl halides is 2. The van der Waals surface area contributed by atoms with Crippen LogP contribution in [0.15, 0.2) is 40.7 Å². The number of halogens is 3. The maximum atomic E-state index is 12.6. The van der Waals surface area contributed by atoms with E-state index in [4.69, 9.17) is 4.74 Å². The van der Waals surface area contributed by atoms with Gasteiger partial charge in [-0.3, -0.25) is 4.99 Å². The SMILES string of the molecule is CN=C(NCc1cc(OC)ccc1OC(F)F)NCC(C)(C)c1cccs1.I. The molecule has 0 aliphatic carbocycles. The van der Waals surface area contributed by atoms with Crippen LogP contribution in [0.1, 0.15) is 24.3 Å². The molecule has 0 aliphatic rings. The van der Waals surface area contributed by atoms with E-state index in [0.29, 0.717) is 23.8 Å². The van der Waals surface area contributed by atoms with Crippen LogP contribution in [-0.2, 0) is 12.0 Å². The van der Waals surface area contributed by atoms with Crippen molar-refractivity contribution < 1.29 is 18.3 Å². The van der Waals surface area contributed by atoms with E-state index < -0.39 is 6.61 Å². The number of nitrogens with zero attached hydrogens (tertiary/aromatic N) is 1. The van der Waals surface area contributed by atoms with E-state index in [2.05, 4.69) is 45.7 Å². The second-order valence-electron chi connectivity index (χ2n) is 6.49. The van der Waals surface area contributed by atoms with Gasteiger partial charge in [-0.15, -0.1) is 35.3 Å². The number of thiophene rings is 1. The zero-order chi connectivity index (χ0) is 19.9. The Balaban J connectivity index is 0.00000392. The second kappa shape index (κ2) is 11.4. The minimum atomic E-state index is -2.89. The van der Waals surface area contributed by atoms with Gasteiger partial charge in [-0.25, -0.2) is 0 Å². The smallest absolute Gasteiger partial charge is 0.387 e. The van der Waals surface area contributed by atoms with Crippen LogP contribution in [0, 0.1) is 0 Å². The molecule has 0 radical (unpaired) electrons. The second-order valence-corrected chi connectivity index (χ2v) is 7.44. The van der Waals surface area contributed by atoms with Crippen molar-refractivity contribution in [2.75, 3.05) is 20.7 Å². The number of hydrogen-bond acceptors (Lipinski definition) is 4. The van der Waals surface area contributed by atoms with Gasteiger partial charge in [0.2, 0.25) is 0 Å². The van der Waals surface area contributed by atoms with Crippen molar-refractivity contribution in [1.82, 2.24) is 10.6 Å². The molecular weight excluding hydrogens is 499 g/mol. The van der Waals surface area contributed by atoms with Gasteiger partial charge in [0.25, 0.3) is 0 Å². The first-order valence-corrected chi connectivity index (χ1v) is 9.34. The molecular formula is C19H26F2IN3O2S. The van der Waals surface area contributed by atoms with Crippen molar-refractivity contribution >= 4 is 41.3 Å². The molecule has 9 heteroatoms. The van der Waals surface area contributed by atoms with E-state index in [1.54, 1.807) is 30.5 Å². The molecule has 1 heterocycles. The molecule has 2 N–H and O–H groups in total. The summed E-state index contributed by atoms with van der Waals surface area (Å²) in [7, 11) is 3.18. The predicted molar refractivity (Wildman–Crippen MR) is 121 cm³/mol. The van der Waals surface area contributed by atoms with Crippen molar-refractivity contribution in [1.29, 1.82) is 0 Å². The van der Waals surface area contributed by atoms with Gasteiger partial charge in [-0.1, -0.05) is 19.9 Å². The summed E-state index contributed by atoms with van der Waals surface area (Å²) in [6.07, 6.45) is 0. The third-order valence-electron chi connectivity index (χ3n) is 4.04. The van der Waals surface area contributed by atoms with E-state index >= 15 is 0 Å². The third kappa shape index (κ3) is 7.08. The first kappa shape index (κ1) is 24.4. The van der Waals surface area contributed by atoms with Crippen molar-refractivity contribution in [3.8, 4) is 11.5 Å². The average molecular weight is 525 g/mol. The highest BCUT2D eigenvalue weighted by Gasteiger charge is 2.22. The highest BCUT2D eigenvalue weighted by molar-refractivity contribution is 14.0. The maximum absolute atomic E-state index is 12.6. The largest absolute Gasteiger partial charge is 0.497 e. The van der Waals surface area contributed by atoms with Gasteiger partial charge in [0, 0.05) is 36.0 Å². The van der Waals surface area contributed by atoms with E-state index in [9.17, 15) is 8.78 Å². The minimum Gasteiger partial charge on any atom is -0.497 e. The Morgan fingerprint density at radius 1 is 1.25 bits per heavy atom. The van der Waals surface area contributed by atoms with Crippen LogP contribution in [0.2, 0.25) is 0 Å². The lowest BCUT2D eigenvalue weighted by atomic mass is 9.91. The Labute approximate surface area is 185 Å². The Morgan fingerprint density at radius 3 is 2.57 bits per heavy atom. The van der Waals surface area contributed by atoms with Gasteiger partial charge in [-0.05, 0) is 29.6 Å². The van der Waals surface area contributed by atoms with Crippen LogP contribution in [0.25, 0.3) is 0 Å². The van der Waals surface area contributed by atoms with Gasteiger partial charge in [0.15, 0.2) is 5.96 Å². The highest BCUT2D eigenvalue weighted by Crippen LogP contribution is 2.27. The standard InChI is InChI=1S/C19H25F2N3O2S.HI/c1-19(2,16-6-5-9-27-16)12-24-18(22-3)23-11-13-10-14(25-4)7-8-15(13)26-17(20)21;/h5-10,17H,11-12H2,1-4H3,(H2,22,23,24);1H. The van der Waals surface area contributed by atoms with Crippen LogP contribution >= 0.6 is 35.3 Å². The van der Waals surface area contributed by atoms with Gasteiger partial charge >= 0.3 is 6.61 Å².